The first-order chi connectivity index (χ1) is 5.77. The molecule has 1 rings (SSSR count). The zero-order valence-electron chi connectivity index (χ0n) is 7.29. The molecule has 0 fully saturated rings. The van der Waals surface area contributed by atoms with Gasteiger partial charge in [-0.15, -0.1) is 11.3 Å². The van der Waals surface area contributed by atoms with Crippen molar-refractivity contribution in [2.75, 3.05) is 7.11 Å². The zero-order valence-corrected chi connectivity index (χ0v) is 8.11. The molecule has 3 heteroatoms. The van der Waals surface area contributed by atoms with Gasteiger partial charge in [0, 0.05) is 10.3 Å². The van der Waals surface area contributed by atoms with Crippen LogP contribution in [0.15, 0.2) is 11.4 Å². The van der Waals surface area contributed by atoms with Gasteiger partial charge in [-0.2, -0.15) is 0 Å². The van der Waals surface area contributed by atoms with E-state index < -0.39 is 0 Å². The van der Waals surface area contributed by atoms with Crippen LogP contribution in [-0.4, -0.2) is 13.1 Å². The molecule has 66 valence electrons. The van der Waals surface area contributed by atoms with E-state index in [0.717, 1.165) is 12.8 Å². The van der Waals surface area contributed by atoms with Gasteiger partial charge in [0.2, 0.25) is 0 Å². The van der Waals surface area contributed by atoms with E-state index in [1.165, 1.54) is 12.0 Å². The summed E-state index contributed by atoms with van der Waals surface area (Å²) >= 11 is 1.62. The number of ether oxygens (including phenoxy) is 1. The lowest BCUT2D eigenvalue weighted by Gasteiger charge is -1.92. The second-order valence-electron chi connectivity index (χ2n) is 2.54. The van der Waals surface area contributed by atoms with Crippen molar-refractivity contribution in [3.05, 3.63) is 21.9 Å². The van der Waals surface area contributed by atoms with Crippen molar-refractivity contribution in [1.29, 1.82) is 0 Å². The van der Waals surface area contributed by atoms with Gasteiger partial charge < -0.3 is 4.74 Å². The lowest BCUT2D eigenvalue weighted by atomic mass is 10.2. The van der Waals surface area contributed by atoms with Crippen LogP contribution in [0.3, 0.4) is 0 Å². The number of carbonyl (C=O) groups is 1. The van der Waals surface area contributed by atoms with E-state index in [0.29, 0.717) is 5.56 Å². The molecule has 0 aliphatic carbocycles. The van der Waals surface area contributed by atoms with Crippen LogP contribution in [0.1, 0.15) is 28.6 Å². The largest absolute Gasteiger partial charge is 0.465 e. The number of rotatable bonds is 3. The first-order valence-corrected chi connectivity index (χ1v) is 4.81. The zero-order chi connectivity index (χ0) is 8.97. The molecule has 2 nitrogen and oxygen atoms in total. The van der Waals surface area contributed by atoms with Crippen LogP contribution < -0.4 is 0 Å². The smallest absolute Gasteiger partial charge is 0.338 e. The van der Waals surface area contributed by atoms with Crippen molar-refractivity contribution in [1.82, 2.24) is 0 Å². The van der Waals surface area contributed by atoms with Gasteiger partial charge in [0.15, 0.2) is 0 Å². The maximum atomic E-state index is 11.0. The number of hydrogen-bond donors (Lipinski definition) is 0. The molecule has 1 heterocycles. The van der Waals surface area contributed by atoms with Crippen molar-refractivity contribution in [3.63, 3.8) is 0 Å². The Labute approximate surface area is 76.2 Å². The molecule has 0 amide bonds. The average Bonchev–Trinajstić information content (AvgIpc) is 2.52. The predicted octanol–water partition coefficient (Wildman–Crippen LogP) is 2.49. The molecule has 0 bridgehead atoms. The van der Waals surface area contributed by atoms with Crippen LogP contribution in [0, 0.1) is 0 Å². The Kier molecular flexibility index (Phi) is 3.29. The monoisotopic (exact) mass is 184 g/mol. The Morgan fingerprint density at radius 1 is 1.67 bits per heavy atom. The van der Waals surface area contributed by atoms with E-state index in [4.69, 9.17) is 0 Å². The highest BCUT2D eigenvalue weighted by Crippen LogP contribution is 2.16. The summed E-state index contributed by atoms with van der Waals surface area (Å²) in [4.78, 5) is 12.3. The number of aryl methyl sites for hydroxylation is 1. The first-order valence-electron chi connectivity index (χ1n) is 3.93. The Hall–Kier alpha value is -0.830. The summed E-state index contributed by atoms with van der Waals surface area (Å²) < 4.78 is 4.60. The number of thiophene rings is 1. The Bertz CT molecular complexity index is 265. The van der Waals surface area contributed by atoms with E-state index >= 15 is 0 Å². The third-order valence-electron chi connectivity index (χ3n) is 1.57. The fraction of sp³-hybridized carbons (Fsp3) is 0.444. The summed E-state index contributed by atoms with van der Waals surface area (Å²) in [6.45, 7) is 2.12. The Morgan fingerprint density at radius 2 is 2.42 bits per heavy atom. The van der Waals surface area contributed by atoms with Gasteiger partial charge in [0.25, 0.3) is 0 Å². The minimum absolute atomic E-state index is 0.242. The average molecular weight is 184 g/mol. The Balaban J connectivity index is 2.70. The standard InChI is InChI=1S/C9H12O2S/c1-3-4-8-5-7(6-12-8)9(10)11-2/h5-6H,3-4H2,1-2H3. The van der Waals surface area contributed by atoms with Crippen LogP contribution >= 0.6 is 11.3 Å². The molecule has 1 aromatic rings. The Morgan fingerprint density at radius 3 is 3.00 bits per heavy atom. The normalized spacial score (nSPS) is 9.83. The molecule has 0 radical (unpaired) electrons. The van der Waals surface area contributed by atoms with Crippen molar-refractivity contribution in [2.45, 2.75) is 19.8 Å². The van der Waals surface area contributed by atoms with Crippen LogP contribution in [0.4, 0.5) is 0 Å². The van der Waals surface area contributed by atoms with Crippen molar-refractivity contribution >= 4 is 17.3 Å². The molecule has 0 aromatic carbocycles. The molecule has 1 aromatic heterocycles. The quantitative estimate of drug-likeness (QED) is 0.674. The highest BCUT2D eigenvalue weighted by Gasteiger charge is 2.07. The summed E-state index contributed by atoms with van der Waals surface area (Å²) in [5, 5.41) is 1.84. The lowest BCUT2D eigenvalue weighted by Crippen LogP contribution is -1.98. The van der Waals surface area contributed by atoms with E-state index in [1.54, 1.807) is 11.3 Å². The van der Waals surface area contributed by atoms with Gasteiger partial charge in [0.05, 0.1) is 12.7 Å². The van der Waals surface area contributed by atoms with Gasteiger partial charge in [0.1, 0.15) is 0 Å². The van der Waals surface area contributed by atoms with E-state index in [-0.39, 0.29) is 5.97 Å². The summed E-state index contributed by atoms with van der Waals surface area (Å²) in [7, 11) is 1.40. The molecule has 0 N–H and O–H groups in total. The molecule has 0 unspecified atom stereocenters. The van der Waals surface area contributed by atoms with Crippen LogP contribution in [0.2, 0.25) is 0 Å². The number of esters is 1. The van der Waals surface area contributed by atoms with E-state index in [1.807, 2.05) is 11.4 Å². The molecule has 0 saturated heterocycles. The molecular formula is C9H12O2S. The third-order valence-corrected chi connectivity index (χ3v) is 2.57. The summed E-state index contributed by atoms with van der Waals surface area (Å²) in [5.74, 6) is -0.242. The van der Waals surface area contributed by atoms with Crippen molar-refractivity contribution < 1.29 is 9.53 Å². The van der Waals surface area contributed by atoms with Gasteiger partial charge in [-0.1, -0.05) is 13.3 Å². The number of carbonyl (C=O) groups excluding carboxylic acids is 1. The second-order valence-corrected chi connectivity index (χ2v) is 3.54. The SMILES string of the molecule is CCCc1cc(C(=O)OC)cs1. The van der Waals surface area contributed by atoms with Gasteiger partial charge >= 0.3 is 5.97 Å². The number of methoxy groups -OCH3 is 1. The molecule has 12 heavy (non-hydrogen) atoms. The minimum atomic E-state index is -0.242. The van der Waals surface area contributed by atoms with Gasteiger partial charge in [-0.3, -0.25) is 0 Å². The van der Waals surface area contributed by atoms with Crippen LogP contribution in [0.25, 0.3) is 0 Å². The van der Waals surface area contributed by atoms with Crippen LogP contribution in [-0.2, 0) is 11.2 Å². The molecule has 0 aliphatic heterocycles. The fourth-order valence-electron chi connectivity index (χ4n) is 0.983. The van der Waals surface area contributed by atoms with Gasteiger partial charge in [-0.25, -0.2) is 4.79 Å². The van der Waals surface area contributed by atoms with Crippen LogP contribution in [0.5, 0.6) is 0 Å². The lowest BCUT2D eigenvalue weighted by molar-refractivity contribution is 0.0601. The maximum absolute atomic E-state index is 11.0. The van der Waals surface area contributed by atoms with Crippen molar-refractivity contribution in [3.8, 4) is 0 Å². The second kappa shape index (κ2) is 4.26. The van der Waals surface area contributed by atoms with Gasteiger partial charge in [-0.05, 0) is 12.5 Å². The highest BCUT2D eigenvalue weighted by atomic mass is 32.1. The van der Waals surface area contributed by atoms with E-state index in [9.17, 15) is 4.79 Å². The molecule has 0 saturated carbocycles. The first kappa shape index (κ1) is 9.26. The third kappa shape index (κ3) is 2.08. The molecule has 0 aliphatic rings. The summed E-state index contributed by atoms with van der Waals surface area (Å²) in [5.41, 5.74) is 0.672. The fourth-order valence-corrected chi connectivity index (χ4v) is 1.94. The summed E-state index contributed by atoms with van der Waals surface area (Å²) in [6.07, 6.45) is 2.16. The topological polar surface area (TPSA) is 26.3 Å². The van der Waals surface area contributed by atoms with Crippen molar-refractivity contribution in [2.24, 2.45) is 0 Å². The predicted molar refractivity (Wildman–Crippen MR) is 49.7 cm³/mol. The summed E-state index contributed by atoms with van der Waals surface area (Å²) in [6, 6.07) is 1.90. The maximum Gasteiger partial charge on any atom is 0.338 e. The minimum Gasteiger partial charge on any atom is -0.465 e. The molecule has 0 spiro atoms. The number of hydrogen-bond acceptors (Lipinski definition) is 3. The highest BCUT2D eigenvalue weighted by molar-refractivity contribution is 7.10. The van der Waals surface area contributed by atoms with E-state index in [2.05, 4.69) is 11.7 Å². The molecular weight excluding hydrogens is 172 g/mol. The molecule has 0 atom stereocenters.